The van der Waals surface area contributed by atoms with Crippen LogP contribution in [0.5, 0.6) is 0 Å². The van der Waals surface area contributed by atoms with Gasteiger partial charge in [-0.15, -0.1) is 0 Å². The Balaban J connectivity index is -0.000000309. The normalized spacial score (nSPS) is 8.42. The van der Waals surface area contributed by atoms with Crippen LogP contribution >= 0.6 is 0 Å². The number of carbonyl (C=O) groups is 1. The Morgan fingerprint density at radius 1 is 1.50 bits per heavy atom. The number of amides is 1. The van der Waals surface area contributed by atoms with E-state index in [1.54, 1.807) is 11.8 Å². The second-order valence-corrected chi connectivity index (χ2v) is 2.40. The fourth-order valence-corrected chi connectivity index (χ4v) is 0.650. The zero-order chi connectivity index (χ0) is 9.98. The molecule has 0 aromatic rings. The molecule has 0 unspecified atom stereocenters. The molecular weight excluding hydrogens is 152 g/mol. The molecule has 76 valence electrons. The van der Waals surface area contributed by atoms with E-state index in [9.17, 15) is 4.79 Å². The van der Waals surface area contributed by atoms with Crippen LogP contribution in [0.3, 0.4) is 0 Å². The molecule has 0 aliphatic rings. The minimum Gasteiger partial charge on any atom is -0.346 e. The van der Waals surface area contributed by atoms with Crippen molar-refractivity contribution >= 4 is 5.91 Å². The predicted molar refractivity (Wildman–Crippen MR) is 55.3 cm³/mol. The Kier molecular flexibility index (Phi) is 12.2. The summed E-state index contributed by atoms with van der Waals surface area (Å²) in [5.41, 5.74) is 0. The van der Waals surface area contributed by atoms with E-state index in [2.05, 4.69) is 5.32 Å². The van der Waals surface area contributed by atoms with E-state index in [1.807, 2.05) is 27.9 Å². The molecule has 0 bridgehead atoms. The molecule has 0 saturated carbocycles. The van der Waals surface area contributed by atoms with E-state index in [0.717, 1.165) is 19.5 Å². The molecule has 1 N–H and O–H groups in total. The smallest absolute Gasteiger partial charge is 0.219 e. The first-order valence-electron chi connectivity index (χ1n) is 4.54. The first-order valence-corrected chi connectivity index (χ1v) is 4.54. The first-order chi connectivity index (χ1) is 5.68. The molecule has 0 rings (SSSR count). The van der Waals surface area contributed by atoms with Crippen LogP contribution in [0.1, 0.15) is 28.6 Å². The fourth-order valence-electron chi connectivity index (χ4n) is 0.650. The molecule has 0 aliphatic carbocycles. The van der Waals surface area contributed by atoms with Gasteiger partial charge in [0.1, 0.15) is 0 Å². The van der Waals surface area contributed by atoms with Gasteiger partial charge in [0.2, 0.25) is 5.91 Å². The van der Waals surface area contributed by atoms with Crippen molar-refractivity contribution in [1.29, 1.82) is 0 Å². The molecule has 3 heteroatoms. The summed E-state index contributed by atoms with van der Waals surface area (Å²) in [5, 5.41) is 3.02. The molecular formula is C9H24N2O. The third-order valence-corrected chi connectivity index (χ3v) is 1.46. The standard InChI is InChI=1S/C7H16N2O.C2H6.H2/c1-7(10)9(3)6-4-5-8-2;1-2;/h8H,4-6H2,1-3H3;1-2H3;1H. The van der Waals surface area contributed by atoms with Gasteiger partial charge >= 0.3 is 0 Å². The maximum atomic E-state index is 10.6. The van der Waals surface area contributed by atoms with Gasteiger partial charge in [0.05, 0.1) is 0 Å². The van der Waals surface area contributed by atoms with Crippen LogP contribution in [-0.4, -0.2) is 38.0 Å². The molecule has 0 saturated heterocycles. The molecule has 0 aromatic heterocycles. The van der Waals surface area contributed by atoms with E-state index in [1.165, 1.54) is 0 Å². The summed E-state index contributed by atoms with van der Waals surface area (Å²) in [6.45, 7) is 7.40. The summed E-state index contributed by atoms with van der Waals surface area (Å²) in [6.07, 6.45) is 1.02. The molecule has 0 aromatic carbocycles. The van der Waals surface area contributed by atoms with Gasteiger partial charge in [0, 0.05) is 21.9 Å². The predicted octanol–water partition coefficient (Wildman–Crippen LogP) is 1.35. The van der Waals surface area contributed by atoms with Gasteiger partial charge in [-0.1, -0.05) is 13.8 Å². The Labute approximate surface area is 77.6 Å². The van der Waals surface area contributed by atoms with Crippen molar-refractivity contribution < 1.29 is 6.22 Å². The van der Waals surface area contributed by atoms with E-state index < -0.39 is 0 Å². The van der Waals surface area contributed by atoms with Gasteiger partial charge in [-0.3, -0.25) is 4.79 Å². The Morgan fingerprint density at radius 3 is 2.33 bits per heavy atom. The zero-order valence-electron chi connectivity index (χ0n) is 8.98. The van der Waals surface area contributed by atoms with Crippen molar-refractivity contribution in [1.82, 2.24) is 10.2 Å². The minimum absolute atomic E-state index is 0. The Morgan fingerprint density at radius 2 is 2.00 bits per heavy atom. The molecule has 0 heterocycles. The minimum atomic E-state index is 0. The average molecular weight is 176 g/mol. The summed E-state index contributed by atoms with van der Waals surface area (Å²) in [7, 11) is 3.73. The summed E-state index contributed by atoms with van der Waals surface area (Å²) in [4.78, 5) is 12.4. The van der Waals surface area contributed by atoms with Crippen molar-refractivity contribution in [2.75, 3.05) is 27.2 Å². The fraction of sp³-hybridized carbons (Fsp3) is 0.889. The lowest BCUT2D eigenvalue weighted by Crippen LogP contribution is -2.26. The van der Waals surface area contributed by atoms with Gasteiger partial charge in [0.25, 0.3) is 0 Å². The SMILES string of the molecule is CC.CNCCCN(C)C(C)=O.[HH]. The highest BCUT2D eigenvalue weighted by Crippen LogP contribution is 1.85. The molecule has 1 amide bonds. The van der Waals surface area contributed by atoms with E-state index in [4.69, 9.17) is 0 Å². The van der Waals surface area contributed by atoms with Crippen molar-refractivity contribution in [3.8, 4) is 0 Å². The Bertz CT molecular complexity index is 110. The topological polar surface area (TPSA) is 32.3 Å². The summed E-state index contributed by atoms with van der Waals surface area (Å²) < 4.78 is 0. The highest BCUT2D eigenvalue weighted by molar-refractivity contribution is 5.72. The van der Waals surface area contributed by atoms with Gasteiger partial charge in [0.15, 0.2) is 0 Å². The second-order valence-electron chi connectivity index (χ2n) is 2.40. The number of nitrogens with zero attached hydrogens (tertiary/aromatic N) is 1. The van der Waals surface area contributed by atoms with Crippen LogP contribution in [0.15, 0.2) is 0 Å². The third-order valence-electron chi connectivity index (χ3n) is 1.46. The molecule has 0 radical (unpaired) electrons. The highest BCUT2D eigenvalue weighted by Gasteiger charge is 1.98. The maximum Gasteiger partial charge on any atom is 0.219 e. The van der Waals surface area contributed by atoms with E-state index in [-0.39, 0.29) is 7.33 Å². The van der Waals surface area contributed by atoms with Gasteiger partial charge in [-0.2, -0.15) is 0 Å². The van der Waals surface area contributed by atoms with Crippen molar-refractivity contribution in [2.24, 2.45) is 0 Å². The quantitative estimate of drug-likeness (QED) is 0.656. The lowest BCUT2D eigenvalue weighted by atomic mass is 10.4. The highest BCUT2D eigenvalue weighted by atomic mass is 16.2. The van der Waals surface area contributed by atoms with E-state index in [0.29, 0.717) is 0 Å². The van der Waals surface area contributed by atoms with Crippen LogP contribution < -0.4 is 5.32 Å². The molecule has 0 fully saturated rings. The monoisotopic (exact) mass is 176 g/mol. The Hall–Kier alpha value is -0.570. The van der Waals surface area contributed by atoms with Crippen LogP contribution in [-0.2, 0) is 4.79 Å². The molecule has 0 spiro atoms. The molecule has 0 aliphatic heterocycles. The molecule has 3 nitrogen and oxygen atoms in total. The zero-order valence-corrected chi connectivity index (χ0v) is 8.98. The van der Waals surface area contributed by atoms with Crippen LogP contribution in [0.4, 0.5) is 0 Å². The summed E-state index contributed by atoms with van der Waals surface area (Å²) in [5.74, 6) is 0.135. The van der Waals surface area contributed by atoms with Crippen molar-refractivity contribution in [3.05, 3.63) is 0 Å². The third kappa shape index (κ3) is 9.43. The second kappa shape index (κ2) is 10.4. The average Bonchev–Trinajstić information content (AvgIpc) is 2.08. The first kappa shape index (κ1) is 14.0. The van der Waals surface area contributed by atoms with Gasteiger partial charge in [-0.25, -0.2) is 0 Å². The van der Waals surface area contributed by atoms with Crippen LogP contribution in [0, 0.1) is 0 Å². The number of nitrogens with one attached hydrogen (secondary N) is 1. The lowest BCUT2D eigenvalue weighted by molar-refractivity contribution is -0.127. The number of carbonyl (C=O) groups excluding carboxylic acids is 1. The van der Waals surface area contributed by atoms with Crippen molar-refractivity contribution in [3.63, 3.8) is 0 Å². The largest absolute Gasteiger partial charge is 0.346 e. The van der Waals surface area contributed by atoms with Crippen LogP contribution in [0.25, 0.3) is 0 Å². The molecule has 12 heavy (non-hydrogen) atoms. The maximum absolute atomic E-state index is 10.6. The summed E-state index contributed by atoms with van der Waals surface area (Å²) >= 11 is 0. The summed E-state index contributed by atoms with van der Waals surface area (Å²) in [6, 6.07) is 0. The molecule has 0 atom stereocenters. The lowest BCUT2D eigenvalue weighted by Gasteiger charge is -2.13. The number of rotatable bonds is 4. The van der Waals surface area contributed by atoms with Gasteiger partial charge < -0.3 is 10.2 Å². The van der Waals surface area contributed by atoms with E-state index >= 15 is 0 Å². The van der Waals surface area contributed by atoms with Crippen molar-refractivity contribution in [2.45, 2.75) is 27.2 Å². The van der Waals surface area contributed by atoms with Crippen LogP contribution in [0.2, 0.25) is 0 Å². The number of hydrogen-bond acceptors (Lipinski definition) is 2. The number of hydrogen-bond donors (Lipinski definition) is 1. The van der Waals surface area contributed by atoms with Gasteiger partial charge in [-0.05, 0) is 20.0 Å².